The van der Waals surface area contributed by atoms with E-state index in [2.05, 4.69) is 38.4 Å². The molecule has 0 aliphatic heterocycles. The van der Waals surface area contributed by atoms with Gasteiger partial charge in [0.25, 0.3) is 0 Å². The molecule has 0 aromatic rings. The van der Waals surface area contributed by atoms with Crippen molar-refractivity contribution in [1.29, 1.82) is 0 Å². The zero-order valence-electron chi connectivity index (χ0n) is 5.37. The number of carbonyl (C=O) groups is 1. The summed E-state index contributed by atoms with van der Waals surface area (Å²) in [6, 6.07) is 0. The van der Waals surface area contributed by atoms with Gasteiger partial charge in [-0.2, -0.15) is 0 Å². The molecule has 5 heteroatoms. The molecule has 3 nitrogen and oxygen atoms in total. The molecule has 0 heterocycles. The van der Waals surface area contributed by atoms with E-state index in [0.29, 0.717) is 5.33 Å². The number of halogens is 2. The fraction of sp³-hybridized carbons (Fsp3) is 0.750. The van der Waals surface area contributed by atoms with Crippen LogP contribution in [-0.4, -0.2) is 24.7 Å². The predicted octanol–water partition coefficient (Wildman–Crippen LogP) is 0.487. The van der Waals surface area contributed by atoms with Crippen molar-refractivity contribution in [2.24, 2.45) is 0 Å². The number of hydrogen-bond acceptors (Lipinski definition) is 2. The van der Waals surface area contributed by atoms with Crippen LogP contribution in [0.4, 0.5) is 0 Å². The maximum Gasteiger partial charge on any atom is 0.244 e. The van der Waals surface area contributed by atoms with Crippen LogP contribution in [0.5, 0.6) is 0 Å². The third-order valence-electron chi connectivity index (χ3n) is 0.386. The second-order valence-electron chi connectivity index (χ2n) is 0.932. The van der Waals surface area contributed by atoms with Crippen LogP contribution in [0.1, 0.15) is 0 Å². The van der Waals surface area contributed by atoms with Gasteiger partial charge in [-0.05, 0) is 0 Å². The first kappa shape index (κ1) is 11.9. The summed E-state index contributed by atoms with van der Waals surface area (Å²) in [5.74, 6) is -0.0671. The molecule has 56 valence electrons. The van der Waals surface area contributed by atoms with E-state index in [1.165, 1.54) is 6.38 Å². The van der Waals surface area contributed by atoms with Crippen LogP contribution < -0.4 is 10.9 Å². The van der Waals surface area contributed by atoms with Crippen LogP contribution in [0.15, 0.2) is 0 Å². The number of hydrazine groups is 1. The lowest BCUT2D eigenvalue weighted by Gasteiger charge is -1.95. The van der Waals surface area contributed by atoms with E-state index in [-0.39, 0.29) is 5.91 Å². The first-order chi connectivity index (χ1) is 4.31. The molecular weight excluding hydrogens is 207 g/mol. The van der Waals surface area contributed by atoms with Gasteiger partial charge in [0, 0.05) is 13.4 Å². The molecule has 0 aromatic carbocycles. The zero-order chi connectivity index (χ0) is 7.70. The minimum absolute atomic E-state index is 0.0671. The number of rotatable bonds is 2. The molecule has 0 rings (SSSR count). The van der Waals surface area contributed by atoms with Crippen molar-refractivity contribution in [3.8, 4) is 0 Å². The van der Waals surface area contributed by atoms with Crippen molar-refractivity contribution in [1.82, 2.24) is 10.9 Å². The normalized spacial score (nSPS) is 7.11. The first-order valence-electron chi connectivity index (χ1n) is 2.20. The summed E-state index contributed by atoms with van der Waals surface area (Å²) in [6.07, 6.45) is 1.47. The van der Waals surface area contributed by atoms with Crippen molar-refractivity contribution in [3.05, 3.63) is 0 Å². The Bertz CT molecular complexity index is 71.6. The molecule has 0 aliphatic rings. The lowest BCUT2D eigenvalue weighted by Crippen LogP contribution is -2.34. The van der Waals surface area contributed by atoms with Gasteiger partial charge in [0.15, 0.2) is 0 Å². The monoisotopic (exact) mass is 216 g/mol. The number of hydrogen-bond donors (Lipinski definition) is 2. The topological polar surface area (TPSA) is 41.1 Å². The van der Waals surface area contributed by atoms with E-state index in [1.807, 2.05) is 0 Å². The van der Waals surface area contributed by atoms with Gasteiger partial charge < -0.3 is 0 Å². The lowest BCUT2D eigenvalue weighted by molar-refractivity contribution is -0.119. The Hall–Kier alpha value is 0.200. The zero-order valence-corrected chi connectivity index (χ0v) is 7.71. The van der Waals surface area contributed by atoms with Crippen LogP contribution in [0.3, 0.4) is 0 Å². The number of amides is 1. The number of nitrogens with one attached hydrogen (secondary N) is 2. The van der Waals surface area contributed by atoms with Crippen molar-refractivity contribution < 1.29 is 4.79 Å². The summed E-state index contributed by atoms with van der Waals surface area (Å²) in [4.78, 5) is 10.2. The average Bonchev–Trinajstić information content (AvgIpc) is 1.93. The molecule has 0 aromatic heterocycles. The van der Waals surface area contributed by atoms with Gasteiger partial charge in [-0.15, -0.1) is 11.6 Å². The highest BCUT2D eigenvalue weighted by molar-refractivity contribution is 9.09. The Balaban J connectivity index is 0. The maximum absolute atomic E-state index is 10.2. The van der Waals surface area contributed by atoms with Crippen molar-refractivity contribution in [2.45, 2.75) is 0 Å². The highest BCUT2D eigenvalue weighted by atomic mass is 79.9. The second kappa shape index (κ2) is 11.1. The number of carbonyl (C=O) groups excluding carboxylic acids is 1. The molecule has 0 aliphatic carbocycles. The molecule has 0 saturated carbocycles. The maximum atomic E-state index is 10.2. The predicted molar refractivity (Wildman–Crippen MR) is 42.8 cm³/mol. The Morgan fingerprint density at radius 3 is 2.22 bits per heavy atom. The third kappa shape index (κ3) is 11.7. The second-order valence-corrected chi connectivity index (χ2v) is 1.49. The summed E-state index contributed by atoms with van der Waals surface area (Å²) in [5.41, 5.74) is 4.85. The lowest BCUT2D eigenvalue weighted by atomic mass is 10.8. The van der Waals surface area contributed by atoms with Crippen molar-refractivity contribution >= 4 is 33.4 Å². The van der Waals surface area contributed by atoms with Crippen LogP contribution >= 0.6 is 27.5 Å². The largest absolute Gasteiger partial charge is 0.291 e. The standard InChI is InChI=1S/C3H7BrN2O.CH3Cl/c1-5-6-3(7)2-4;1-2/h5H,2H2,1H3,(H,6,7);1H3. The van der Waals surface area contributed by atoms with E-state index >= 15 is 0 Å². The van der Waals surface area contributed by atoms with Gasteiger partial charge in [-0.1, -0.05) is 15.9 Å². The number of alkyl halides is 2. The van der Waals surface area contributed by atoms with Crippen LogP contribution in [0.25, 0.3) is 0 Å². The Kier molecular flexibility index (Phi) is 14.7. The fourth-order valence-electron chi connectivity index (χ4n) is 0.173. The first-order valence-corrected chi connectivity index (χ1v) is 4.08. The summed E-state index contributed by atoms with van der Waals surface area (Å²) < 4.78 is 0. The van der Waals surface area contributed by atoms with Gasteiger partial charge in [0.05, 0.1) is 5.33 Å². The molecule has 1 amide bonds. The molecule has 0 unspecified atom stereocenters. The Morgan fingerprint density at radius 2 is 2.11 bits per heavy atom. The van der Waals surface area contributed by atoms with Gasteiger partial charge in [0.1, 0.15) is 0 Å². The van der Waals surface area contributed by atoms with Crippen LogP contribution in [0.2, 0.25) is 0 Å². The van der Waals surface area contributed by atoms with Gasteiger partial charge >= 0.3 is 0 Å². The third-order valence-corrected chi connectivity index (χ3v) is 0.895. The van der Waals surface area contributed by atoms with Crippen LogP contribution in [-0.2, 0) is 4.79 Å². The minimum atomic E-state index is -0.0671. The van der Waals surface area contributed by atoms with Crippen LogP contribution in [0, 0.1) is 0 Å². The summed E-state index contributed by atoms with van der Waals surface area (Å²) in [7, 11) is 1.64. The van der Waals surface area contributed by atoms with Gasteiger partial charge in [-0.3, -0.25) is 10.2 Å². The SMILES string of the molecule is CCl.CNNC(=O)CBr. The summed E-state index contributed by atoms with van der Waals surface area (Å²) in [5, 5.41) is 0.341. The van der Waals surface area contributed by atoms with E-state index in [4.69, 9.17) is 0 Å². The van der Waals surface area contributed by atoms with Crippen molar-refractivity contribution in [2.75, 3.05) is 18.8 Å². The smallest absolute Gasteiger partial charge is 0.244 e. The van der Waals surface area contributed by atoms with E-state index < -0.39 is 0 Å². The Morgan fingerprint density at radius 1 is 1.67 bits per heavy atom. The summed E-state index contributed by atoms with van der Waals surface area (Å²) in [6.45, 7) is 0. The van der Waals surface area contributed by atoms with Gasteiger partial charge in [-0.25, -0.2) is 5.43 Å². The van der Waals surface area contributed by atoms with Gasteiger partial charge in [0.2, 0.25) is 5.91 Å². The molecule has 9 heavy (non-hydrogen) atoms. The van der Waals surface area contributed by atoms with E-state index in [0.717, 1.165) is 0 Å². The molecule has 0 spiro atoms. The average molecular weight is 217 g/mol. The molecule has 0 bridgehead atoms. The molecule has 0 atom stereocenters. The highest BCUT2D eigenvalue weighted by Crippen LogP contribution is 1.74. The molecule has 2 N–H and O–H groups in total. The molecule has 0 fully saturated rings. The quantitative estimate of drug-likeness (QED) is 0.522. The fourth-order valence-corrected chi connectivity index (χ4v) is 0.313. The Labute approximate surface area is 68.2 Å². The minimum Gasteiger partial charge on any atom is -0.291 e. The molecular formula is C4H10BrClN2O. The molecule has 0 saturated heterocycles. The summed E-state index contributed by atoms with van der Waals surface area (Å²) >= 11 is 7.60. The van der Waals surface area contributed by atoms with E-state index in [9.17, 15) is 4.79 Å². The molecule has 0 radical (unpaired) electrons. The van der Waals surface area contributed by atoms with E-state index in [1.54, 1.807) is 7.05 Å². The van der Waals surface area contributed by atoms with Crippen molar-refractivity contribution in [3.63, 3.8) is 0 Å². The highest BCUT2D eigenvalue weighted by Gasteiger charge is 1.89.